The number of aromatic nitrogens is 3. The summed E-state index contributed by atoms with van der Waals surface area (Å²) in [4.78, 5) is 4.31. The smallest absolute Gasteiger partial charge is 0.243 e. The molecule has 0 aliphatic carbocycles. The van der Waals surface area contributed by atoms with Crippen molar-refractivity contribution in [2.24, 2.45) is 0 Å². The van der Waals surface area contributed by atoms with Crippen LogP contribution in [0.25, 0.3) is 5.65 Å². The molecule has 0 unspecified atom stereocenters. The highest BCUT2D eigenvalue weighted by Crippen LogP contribution is 2.14. The maximum atomic E-state index is 9.19. The Labute approximate surface area is 98.9 Å². The molecular formula is C11H16N4O2. The zero-order valence-electron chi connectivity index (χ0n) is 9.88. The van der Waals surface area contributed by atoms with E-state index in [2.05, 4.69) is 15.4 Å². The molecule has 0 amide bonds. The molecule has 6 nitrogen and oxygen atoms in total. The van der Waals surface area contributed by atoms with Crippen molar-refractivity contribution in [2.45, 2.75) is 19.4 Å². The highest BCUT2D eigenvalue weighted by Gasteiger charge is 2.23. The van der Waals surface area contributed by atoms with Gasteiger partial charge in [0.2, 0.25) is 5.95 Å². The normalized spacial score (nSPS) is 12.0. The van der Waals surface area contributed by atoms with E-state index >= 15 is 0 Å². The van der Waals surface area contributed by atoms with E-state index in [1.165, 1.54) is 0 Å². The number of rotatable bonds is 4. The van der Waals surface area contributed by atoms with Gasteiger partial charge in [-0.1, -0.05) is 6.07 Å². The molecule has 0 aromatic carbocycles. The van der Waals surface area contributed by atoms with Crippen molar-refractivity contribution in [1.29, 1.82) is 0 Å². The molecule has 2 rings (SSSR count). The van der Waals surface area contributed by atoms with Gasteiger partial charge in [0.1, 0.15) is 0 Å². The Hall–Kier alpha value is -1.66. The number of nitrogens with zero attached hydrogens (tertiary/aromatic N) is 3. The summed E-state index contributed by atoms with van der Waals surface area (Å²) < 4.78 is 1.66. The molecule has 0 saturated carbocycles. The highest BCUT2D eigenvalue weighted by molar-refractivity contribution is 5.50. The molecule has 0 bridgehead atoms. The van der Waals surface area contributed by atoms with Crippen molar-refractivity contribution >= 4 is 11.6 Å². The monoisotopic (exact) mass is 236 g/mol. The van der Waals surface area contributed by atoms with Crippen LogP contribution in [0.3, 0.4) is 0 Å². The number of hydrogen-bond donors (Lipinski definition) is 3. The summed E-state index contributed by atoms with van der Waals surface area (Å²) in [6, 6.07) is 3.84. The lowest BCUT2D eigenvalue weighted by atomic mass is 10.1. The zero-order valence-corrected chi connectivity index (χ0v) is 9.88. The molecule has 3 N–H and O–H groups in total. The van der Waals surface area contributed by atoms with Crippen LogP contribution >= 0.6 is 0 Å². The van der Waals surface area contributed by atoms with Gasteiger partial charge in [-0.2, -0.15) is 4.98 Å². The van der Waals surface area contributed by atoms with Crippen molar-refractivity contribution in [3.05, 3.63) is 23.9 Å². The van der Waals surface area contributed by atoms with E-state index in [0.717, 1.165) is 11.2 Å². The van der Waals surface area contributed by atoms with E-state index in [0.29, 0.717) is 5.95 Å². The summed E-state index contributed by atoms with van der Waals surface area (Å²) in [6.07, 6.45) is 1.80. The maximum Gasteiger partial charge on any atom is 0.243 e. The van der Waals surface area contributed by atoms with Crippen LogP contribution in [0.15, 0.2) is 18.3 Å². The minimum Gasteiger partial charge on any atom is -0.394 e. The Bertz CT molecular complexity index is 519. The van der Waals surface area contributed by atoms with E-state index < -0.39 is 5.54 Å². The van der Waals surface area contributed by atoms with Crippen molar-refractivity contribution in [3.8, 4) is 0 Å². The third kappa shape index (κ3) is 2.22. The van der Waals surface area contributed by atoms with E-state index in [9.17, 15) is 10.2 Å². The predicted octanol–water partition coefficient (Wildman–Crippen LogP) is 0.193. The lowest BCUT2D eigenvalue weighted by molar-refractivity contribution is 0.147. The van der Waals surface area contributed by atoms with Crippen molar-refractivity contribution < 1.29 is 10.2 Å². The van der Waals surface area contributed by atoms with E-state index in [1.54, 1.807) is 17.6 Å². The molecule has 2 heterocycles. The SMILES string of the molecule is Cc1cccn2nc(NC(C)(CO)CO)nc12. The summed E-state index contributed by atoms with van der Waals surface area (Å²) in [5.74, 6) is 0.393. The van der Waals surface area contributed by atoms with Crippen LogP contribution in [0.5, 0.6) is 0 Å². The Morgan fingerprint density at radius 1 is 1.41 bits per heavy atom. The second-order valence-electron chi connectivity index (χ2n) is 4.40. The third-order valence-corrected chi connectivity index (χ3v) is 2.67. The number of nitrogens with one attached hydrogen (secondary N) is 1. The van der Waals surface area contributed by atoms with Crippen LogP contribution in [0.2, 0.25) is 0 Å². The number of hydrogen-bond acceptors (Lipinski definition) is 5. The average molecular weight is 236 g/mol. The van der Waals surface area contributed by atoms with Crippen LogP contribution < -0.4 is 5.32 Å². The Kier molecular flexibility index (Phi) is 2.99. The zero-order chi connectivity index (χ0) is 12.5. The van der Waals surface area contributed by atoms with Gasteiger partial charge in [0.25, 0.3) is 0 Å². The summed E-state index contributed by atoms with van der Waals surface area (Å²) in [5, 5.41) is 25.5. The maximum absolute atomic E-state index is 9.19. The molecule has 0 atom stereocenters. The predicted molar refractivity (Wildman–Crippen MR) is 63.9 cm³/mol. The van der Waals surface area contributed by atoms with Gasteiger partial charge in [-0.05, 0) is 25.5 Å². The minimum absolute atomic E-state index is 0.196. The van der Waals surface area contributed by atoms with Crippen molar-refractivity contribution in [1.82, 2.24) is 14.6 Å². The molecule has 92 valence electrons. The topological polar surface area (TPSA) is 82.7 Å². The Morgan fingerprint density at radius 2 is 2.12 bits per heavy atom. The second-order valence-corrected chi connectivity index (χ2v) is 4.40. The van der Waals surface area contributed by atoms with Gasteiger partial charge in [0.05, 0.1) is 18.8 Å². The van der Waals surface area contributed by atoms with Crippen molar-refractivity contribution in [2.75, 3.05) is 18.5 Å². The fourth-order valence-corrected chi connectivity index (χ4v) is 1.49. The quantitative estimate of drug-likeness (QED) is 0.706. The number of pyridine rings is 1. The van der Waals surface area contributed by atoms with Crippen LogP contribution in [0.4, 0.5) is 5.95 Å². The molecule has 0 saturated heterocycles. The van der Waals surface area contributed by atoms with Crippen LogP contribution in [0, 0.1) is 6.92 Å². The molecule has 2 aromatic rings. The summed E-state index contributed by atoms with van der Waals surface area (Å²) in [5.41, 5.74) is 0.953. The van der Waals surface area contributed by atoms with Crippen LogP contribution in [-0.2, 0) is 0 Å². The lowest BCUT2D eigenvalue weighted by Gasteiger charge is -2.24. The highest BCUT2D eigenvalue weighted by atomic mass is 16.3. The van der Waals surface area contributed by atoms with E-state index in [-0.39, 0.29) is 13.2 Å². The molecule has 0 fully saturated rings. The van der Waals surface area contributed by atoms with Gasteiger partial charge in [-0.25, -0.2) is 4.52 Å². The number of aliphatic hydroxyl groups excluding tert-OH is 2. The fraction of sp³-hybridized carbons (Fsp3) is 0.455. The minimum atomic E-state index is -0.821. The van der Waals surface area contributed by atoms with Gasteiger partial charge in [-0.3, -0.25) is 0 Å². The molecule has 6 heteroatoms. The fourth-order valence-electron chi connectivity index (χ4n) is 1.49. The number of anilines is 1. The summed E-state index contributed by atoms with van der Waals surface area (Å²) in [6.45, 7) is 3.26. The van der Waals surface area contributed by atoms with Gasteiger partial charge in [0, 0.05) is 6.20 Å². The van der Waals surface area contributed by atoms with E-state index in [1.807, 2.05) is 19.1 Å². The molecule has 0 radical (unpaired) electrons. The molecule has 0 aliphatic heterocycles. The first-order valence-corrected chi connectivity index (χ1v) is 5.40. The Balaban J connectivity index is 2.34. The standard InChI is InChI=1S/C11H16N4O2/c1-8-4-3-5-15-9(8)12-10(14-15)13-11(2,6-16)7-17/h3-5,16-17H,6-7H2,1-2H3,(H,13,14). The Morgan fingerprint density at radius 3 is 2.71 bits per heavy atom. The second kappa shape index (κ2) is 4.31. The van der Waals surface area contributed by atoms with E-state index in [4.69, 9.17) is 0 Å². The van der Waals surface area contributed by atoms with Gasteiger partial charge in [-0.15, -0.1) is 5.10 Å². The number of fused-ring (bicyclic) bond motifs is 1. The van der Waals surface area contributed by atoms with Gasteiger partial charge < -0.3 is 15.5 Å². The first-order valence-electron chi connectivity index (χ1n) is 5.40. The first kappa shape index (κ1) is 11.8. The molecule has 2 aromatic heterocycles. The number of aryl methyl sites for hydroxylation is 1. The van der Waals surface area contributed by atoms with Crippen molar-refractivity contribution in [3.63, 3.8) is 0 Å². The van der Waals surface area contributed by atoms with Gasteiger partial charge in [0.15, 0.2) is 5.65 Å². The summed E-state index contributed by atoms with van der Waals surface area (Å²) >= 11 is 0. The molecule has 17 heavy (non-hydrogen) atoms. The third-order valence-electron chi connectivity index (χ3n) is 2.67. The number of aliphatic hydroxyl groups is 2. The molecular weight excluding hydrogens is 220 g/mol. The van der Waals surface area contributed by atoms with Crippen LogP contribution in [0.1, 0.15) is 12.5 Å². The molecule has 0 aliphatic rings. The molecule has 0 spiro atoms. The van der Waals surface area contributed by atoms with Crippen LogP contribution in [-0.4, -0.2) is 43.6 Å². The largest absolute Gasteiger partial charge is 0.394 e. The van der Waals surface area contributed by atoms with Gasteiger partial charge >= 0.3 is 0 Å². The summed E-state index contributed by atoms with van der Waals surface area (Å²) in [7, 11) is 0. The lowest BCUT2D eigenvalue weighted by Crippen LogP contribution is -2.42. The first-order chi connectivity index (χ1) is 8.08. The average Bonchev–Trinajstić information content (AvgIpc) is 2.73.